The number of aryl methyl sites for hydroxylation is 1. The van der Waals surface area contributed by atoms with Crippen LogP contribution in [0.2, 0.25) is 0 Å². The van der Waals surface area contributed by atoms with Crippen LogP contribution >= 0.6 is 0 Å². The Morgan fingerprint density at radius 3 is 2.32 bits per heavy atom. The highest BCUT2D eigenvalue weighted by atomic mass is 32.2. The number of amides is 1. The number of hydrogen-bond donors (Lipinski definition) is 1. The van der Waals surface area contributed by atoms with Gasteiger partial charge < -0.3 is 14.8 Å². The first-order valence-electron chi connectivity index (χ1n) is 10.4. The number of methoxy groups -OCH3 is 2. The SMILES string of the molecule is COc1ccc([C@H](C)NC(=O)c2cc(S(=O)(=O)N3CCCCC3)ccc2C)cc1OC. The molecule has 0 saturated carbocycles. The maximum Gasteiger partial charge on any atom is 0.252 e. The fraction of sp³-hybridized carbons (Fsp3) is 0.435. The Balaban J connectivity index is 1.82. The number of ether oxygens (including phenoxy) is 2. The van der Waals surface area contributed by atoms with Crippen LogP contribution in [0.15, 0.2) is 41.3 Å². The number of hydrogen-bond acceptors (Lipinski definition) is 5. The van der Waals surface area contributed by atoms with Crippen molar-refractivity contribution in [2.24, 2.45) is 0 Å². The molecule has 2 aromatic carbocycles. The van der Waals surface area contributed by atoms with E-state index in [1.165, 1.54) is 10.4 Å². The van der Waals surface area contributed by atoms with Gasteiger partial charge in [0.15, 0.2) is 11.5 Å². The smallest absolute Gasteiger partial charge is 0.252 e. The first-order valence-corrected chi connectivity index (χ1v) is 11.9. The Morgan fingerprint density at radius 2 is 1.68 bits per heavy atom. The second-order valence-electron chi connectivity index (χ2n) is 7.75. The van der Waals surface area contributed by atoms with E-state index in [0.29, 0.717) is 30.2 Å². The van der Waals surface area contributed by atoms with E-state index in [1.807, 2.05) is 19.1 Å². The zero-order valence-corrected chi connectivity index (χ0v) is 19.3. The van der Waals surface area contributed by atoms with E-state index in [9.17, 15) is 13.2 Å². The van der Waals surface area contributed by atoms with E-state index in [2.05, 4.69) is 5.32 Å². The molecule has 0 spiro atoms. The Kier molecular flexibility index (Phi) is 7.23. The van der Waals surface area contributed by atoms with Gasteiger partial charge in [-0.15, -0.1) is 0 Å². The molecule has 0 aromatic heterocycles. The van der Waals surface area contributed by atoms with Crippen LogP contribution in [0.4, 0.5) is 0 Å². The molecule has 0 radical (unpaired) electrons. The summed E-state index contributed by atoms with van der Waals surface area (Å²) in [7, 11) is -0.485. The highest BCUT2D eigenvalue weighted by Crippen LogP contribution is 2.30. The summed E-state index contributed by atoms with van der Waals surface area (Å²) in [6.45, 7) is 4.71. The van der Waals surface area contributed by atoms with Gasteiger partial charge in [-0.3, -0.25) is 4.79 Å². The third-order valence-corrected chi connectivity index (χ3v) is 7.56. The Bertz CT molecular complexity index is 1050. The van der Waals surface area contributed by atoms with E-state index >= 15 is 0 Å². The quantitative estimate of drug-likeness (QED) is 0.701. The summed E-state index contributed by atoms with van der Waals surface area (Å²) < 4.78 is 38.1. The van der Waals surface area contributed by atoms with Crippen LogP contribution in [0, 0.1) is 6.92 Å². The summed E-state index contributed by atoms with van der Waals surface area (Å²) in [5.74, 6) is 0.860. The van der Waals surface area contributed by atoms with Crippen LogP contribution in [0.5, 0.6) is 11.5 Å². The number of carbonyl (C=O) groups is 1. The topological polar surface area (TPSA) is 84.9 Å². The molecule has 1 heterocycles. The zero-order valence-electron chi connectivity index (χ0n) is 18.5. The van der Waals surface area contributed by atoms with Crippen LogP contribution in [-0.2, 0) is 10.0 Å². The Hall–Kier alpha value is -2.58. The number of nitrogens with zero attached hydrogens (tertiary/aromatic N) is 1. The molecule has 1 fully saturated rings. The monoisotopic (exact) mass is 446 g/mol. The minimum atomic E-state index is -3.61. The van der Waals surface area contributed by atoms with Crippen molar-refractivity contribution in [2.45, 2.75) is 44.0 Å². The maximum atomic E-state index is 13.0. The highest BCUT2D eigenvalue weighted by molar-refractivity contribution is 7.89. The van der Waals surface area contributed by atoms with E-state index in [-0.39, 0.29) is 16.8 Å². The number of piperidine rings is 1. The molecule has 7 nitrogen and oxygen atoms in total. The molecule has 3 rings (SSSR count). The van der Waals surface area contributed by atoms with Crippen molar-refractivity contribution >= 4 is 15.9 Å². The predicted molar refractivity (Wildman–Crippen MR) is 119 cm³/mol. The van der Waals surface area contributed by atoms with Crippen LogP contribution in [-0.4, -0.2) is 45.9 Å². The van der Waals surface area contributed by atoms with Gasteiger partial charge in [0.1, 0.15) is 0 Å². The molecule has 1 aliphatic heterocycles. The number of carbonyl (C=O) groups excluding carboxylic acids is 1. The molecule has 0 unspecified atom stereocenters. The van der Waals surface area contributed by atoms with Crippen molar-refractivity contribution in [1.82, 2.24) is 9.62 Å². The summed E-state index contributed by atoms with van der Waals surface area (Å²) in [4.78, 5) is 13.2. The van der Waals surface area contributed by atoms with Crippen LogP contribution in [0.25, 0.3) is 0 Å². The van der Waals surface area contributed by atoms with Gasteiger partial charge in [-0.2, -0.15) is 4.31 Å². The number of rotatable bonds is 7. The minimum Gasteiger partial charge on any atom is -0.493 e. The van der Waals surface area contributed by atoms with Gasteiger partial charge in [-0.05, 0) is 62.1 Å². The average molecular weight is 447 g/mol. The standard InChI is InChI=1S/C23H30N2O5S/c1-16-8-10-19(31(27,28)25-12-6-5-7-13-25)15-20(16)23(26)24-17(2)18-9-11-21(29-3)22(14-18)30-4/h8-11,14-15,17H,5-7,12-13H2,1-4H3,(H,24,26)/t17-/m0/s1. The highest BCUT2D eigenvalue weighted by Gasteiger charge is 2.27. The first kappa shape index (κ1) is 23.1. The van der Waals surface area contributed by atoms with Crippen molar-refractivity contribution in [1.29, 1.82) is 0 Å². The van der Waals surface area contributed by atoms with Gasteiger partial charge in [-0.1, -0.05) is 18.6 Å². The molecule has 0 aliphatic carbocycles. The van der Waals surface area contributed by atoms with E-state index in [1.54, 1.807) is 39.3 Å². The molecule has 1 aliphatic rings. The van der Waals surface area contributed by atoms with Gasteiger partial charge >= 0.3 is 0 Å². The molecule has 2 aromatic rings. The van der Waals surface area contributed by atoms with Gasteiger partial charge in [-0.25, -0.2) is 8.42 Å². The normalized spacial score (nSPS) is 15.9. The molecule has 31 heavy (non-hydrogen) atoms. The average Bonchev–Trinajstić information content (AvgIpc) is 2.79. The van der Waals surface area contributed by atoms with Gasteiger partial charge in [0.25, 0.3) is 5.91 Å². The fourth-order valence-electron chi connectivity index (χ4n) is 3.74. The van der Waals surface area contributed by atoms with Gasteiger partial charge in [0.2, 0.25) is 10.0 Å². The van der Waals surface area contributed by atoms with Crippen LogP contribution in [0.3, 0.4) is 0 Å². The second kappa shape index (κ2) is 9.70. The number of benzene rings is 2. The molecule has 1 saturated heterocycles. The van der Waals surface area contributed by atoms with E-state index in [0.717, 1.165) is 30.4 Å². The Morgan fingerprint density at radius 1 is 1.00 bits per heavy atom. The lowest BCUT2D eigenvalue weighted by atomic mass is 10.1. The Labute approximate surface area is 184 Å². The van der Waals surface area contributed by atoms with Crippen molar-refractivity contribution < 1.29 is 22.7 Å². The molecule has 168 valence electrons. The molecule has 1 N–H and O–H groups in total. The van der Waals surface area contributed by atoms with Crippen molar-refractivity contribution in [3.05, 3.63) is 53.1 Å². The van der Waals surface area contributed by atoms with Gasteiger partial charge in [0, 0.05) is 18.7 Å². The molecule has 0 bridgehead atoms. The summed E-state index contributed by atoms with van der Waals surface area (Å²) in [5.41, 5.74) is 1.92. The van der Waals surface area contributed by atoms with Crippen molar-refractivity contribution in [3.63, 3.8) is 0 Å². The zero-order chi connectivity index (χ0) is 22.6. The molecule has 1 amide bonds. The maximum absolute atomic E-state index is 13.0. The lowest BCUT2D eigenvalue weighted by molar-refractivity contribution is 0.0939. The second-order valence-corrected chi connectivity index (χ2v) is 9.69. The van der Waals surface area contributed by atoms with Gasteiger partial charge in [0.05, 0.1) is 25.2 Å². The molecular formula is C23H30N2O5S. The third kappa shape index (κ3) is 5.02. The lowest BCUT2D eigenvalue weighted by Crippen LogP contribution is -2.35. The molecule has 1 atom stereocenters. The fourth-order valence-corrected chi connectivity index (χ4v) is 5.28. The summed E-state index contributed by atoms with van der Waals surface area (Å²) in [6.07, 6.45) is 2.77. The van der Waals surface area contributed by atoms with Crippen molar-refractivity contribution in [3.8, 4) is 11.5 Å². The lowest BCUT2D eigenvalue weighted by Gasteiger charge is -2.26. The third-order valence-electron chi connectivity index (χ3n) is 5.66. The molecular weight excluding hydrogens is 416 g/mol. The van der Waals surface area contributed by atoms with Crippen molar-refractivity contribution in [2.75, 3.05) is 27.3 Å². The first-order chi connectivity index (χ1) is 14.8. The van der Waals surface area contributed by atoms with E-state index < -0.39 is 10.0 Å². The minimum absolute atomic E-state index is 0.156. The number of sulfonamides is 1. The van der Waals surface area contributed by atoms with Crippen LogP contribution in [0.1, 0.15) is 53.7 Å². The summed E-state index contributed by atoms with van der Waals surface area (Å²) >= 11 is 0. The summed E-state index contributed by atoms with van der Waals surface area (Å²) in [5, 5.41) is 2.96. The summed E-state index contributed by atoms with van der Waals surface area (Å²) in [6, 6.07) is 9.89. The van der Waals surface area contributed by atoms with E-state index in [4.69, 9.17) is 9.47 Å². The predicted octanol–water partition coefficient (Wildman–Crippen LogP) is 3.68. The van der Waals surface area contributed by atoms with Crippen LogP contribution < -0.4 is 14.8 Å². The number of nitrogens with one attached hydrogen (secondary N) is 1. The largest absolute Gasteiger partial charge is 0.493 e. The molecule has 8 heteroatoms.